The monoisotopic (exact) mass is 462 g/mol. The Morgan fingerprint density at radius 1 is 0.909 bits per heavy atom. The molecule has 4 rings (SSSR count). The van der Waals surface area contributed by atoms with E-state index in [1.807, 2.05) is 47.5 Å². The highest BCUT2D eigenvalue weighted by Gasteiger charge is 2.29. The molecule has 1 aliphatic heterocycles. The summed E-state index contributed by atoms with van der Waals surface area (Å²) in [7, 11) is 0. The topological polar surface area (TPSA) is 65.5 Å². The van der Waals surface area contributed by atoms with Crippen LogP contribution < -0.4 is 5.32 Å². The summed E-state index contributed by atoms with van der Waals surface area (Å²) in [6, 6.07) is 19.8. The predicted molar refractivity (Wildman–Crippen MR) is 129 cm³/mol. The van der Waals surface area contributed by atoms with E-state index in [2.05, 4.69) is 21.3 Å². The molecule has 1 unspecified atom stereocenters. The summed E-state index contributed by atoms with van der Waals surface area (Å²) >= 11 is 5.94. The number of hydrogen-bond acceptors (Lipinski definition) is 4. The van der Waals surface area contributed by atoms with Crippen molar-refractivity contribution in [1.82, 2.24) is 20.1 Å². The van der Waals surface area contributed by atoms with Crippen LogP contribution >= 0.6 is 11.6 Å². The molecule has 1 aromatic heterocycles. The van der Waals surface area contributed by atoms with Crippen LogP contribution in [0.3, 0.4) is 0 Å². The van der Waals surface area contributed by atoms with Crippen LogP contribution in [-0.2, 0) is 17.8 Å². The van der Waals surface area contributed by atoms with Gasteiger partial charge < -0.3 is 10.2 Å². The maximum absolute atomic E-state index is 13.5. The van der Waals surface area contributed by atoms with E-state index in [9.17, 15) is 9.59 Å². The van der Waals surface area contributed by atoms with Crippen molar-refractivity contribution < 1.29 is 9.59 Å². The van der Waals surface area contributed by atoms with Crippen LogP contribution in [0.15, 0.2) is 79.1 Å². The minimum absolute atomic E-state index is 0.0535. The fraction of sp³-hybridized carbons (Fsp3) is 0.269. The van der Waals surface area contributed by atoms with Crippen molar-refractivity contribution in [2.24, 2.45) is 0 Å². The number of piperazine rings is 1. The van der Waals surface area contributed by atoms with E-state index < -0.39 is 6.04 Å². The third-order valence-corrected chi connectivity index (χ3v) is 6.06. The number of rotatable bonds is 7. The third-order valence-electron chi connectivity index (χ3n) is 5.81. The van der Waals surface area contributed by atoms with Gasteiger partial charge in [0.15, 0.2) is 0 Å². The summed E-state index contributed by atoms with van der Waals surface area (Å²) in [6.45, 7) is 3.63. The maximum atomic E-state index is 13.5. The lowest BCUT2D eigenvalue weighted by molar-refractivity contribution is -0.135. The molecule has 2 heterocycles. The highest BCUT2D eigenvalue weighted by atomic mass is 35.5. The van der Waals surface area contributed by atoms with Gasteiger partial charge in [-0.2, -0.15) is 0 Å². The molecule has 0 spiro atoms. The number of carbonyl (C=O) groups is 2. The number of nitrogens with one attached hydrogen (secondary N) is 1. The highest BCUT2D eigenvalue weighted by molar-refractivity contribution is 6.30. The molecule has 1 N–H and O–H groups in total. The SMILES string of the molecule is O=C(NC(Cc1ccccc1)C(=O)N1CCN(Cc2cccnc2)CC1)c1ccc(Cl)cc1. The van der Waals surface area contributed by atoms with Gasteiger partial charge in [0.1, 0.15) is 6.04 Å². The standard InChI is InChI=1S/C26H27ClN4O2/c27-23-10-8-22(9-11-23)25(32)29-24(17-20-5-2-1-3-6-20)26(33)31-15-13-30(14-16-31)19-21-7-4-12-28-18-21/h1-12,18,24H,13-17,19H2,(H,29,32). The second kappa shape index (κ2) is 11.1. The van der Waals surface area contributed by atoms with E-state index in [1.165, 1.54) is 0 Å². The Morgan fingerprint density at radius 3 is 2.27 bits per heavy atom. The number of halogens is 1. The van der Waals surface area contributed by atoms with Crippen molar-refractivity contribution >= 4 is 23.4 Å². The number of benzene rings is 2. The summed E-state index contributed by atoms with van der Waals surface area (Å²) in [6.07, 6.45) is 4.08. The maximum Gasteiger partial charge on any atom is 0.251 e. The minimum Gasteiger partial charge on any atom is -0.340 e. The lowest BCUT2D eigenvalue weighted by Crippen LogP contribution is -2.55. The van der Waals surface area contributed by atoms with Crippen molar-refractivity contribution in [2.75, 3.05) is 26.2 Å². The van der Waals surface area contributed by atoms with E-state index >= 15 is 0 Å². The molecule has 0 bridgehead atoms. The summed E-state index contributed by atoms with van der Waals surface area (Å²) in [5.41, 5.74) is 2.64. The number of hydrogen-bond donors (Lipinski definition) is 1. The van der Waals surface area contributed by atoms with E-state index in [-0.39, 0.29) is 11.8 Å². The molecule has 1 atom stereocenters. The molecule has 3 aromatic rings. The fourth-order valence-electron chi connectivity index (χ4n) is 3.99. The van der Waals surface area contributed by atoms with E-state index in [0.29, 0.717) is 30.1 Å². The van der Waals surface area contributed by atoms with Gasteiger partial charge in [0, 0.05) is 62.1 Å². The van der Waals surface area contributed by atoms with Crippen LogP contribution in [-0.4, -0.2) is 58.8 Å². The lowest BCUT2D eigenvalue weighted by atomic mass is 10.0. The molecule has 1 fully saturated rings. The van der Waals surface area contributed by atoms with Gasteiger partial charge in [0.25, 0.3) is 5.91 Å². The first-order valence-corrected chi connectivity index (χ1v) is 11.5. The minimum atomic E-state index is -0.638. The molecule has 6 nitrogen and oxygen atoms in total. The second-order valence-corrected chi connectivity index (χ2v) is 8.62. The molecule has 1 saturated heterocycles. The highest BCUT2D eigenvalue weighted by Crippen LogP contribution is 2.13. The zero-order valence-corrected chi connectivity index (χ0v) is 19.1. The summed E-state index contributed by atoms with van der Waals surface area (Å²) in [5.74, 6) is -0.335. The van der Waals surface area contributed by atoms with E-state index in [4.69, 9.17) is 11.6 Å². The van der Waals surface area contributed by atoms with Gasteiger partial charge in [-0.3, -0.25) is 19.5 Å². The first kappa shape index (κ1) is 23.0. The molecule has 0 aliphatic carbocycles. The zero-order valence-electron chi connectivity index (χ0n) is 18.4. The third kappa shape index (κ3) is 6.40. The predicted octanol–water partition coefficient (Wildman–Crippen LogP) is 3.42. The molecule has 0 saturated carbocycles. The Morgan fingerprint density at radius 2 is 1.61 bits per heavy atom. The first-order chi connectivity index (χ1) is 16.1. The van der Waals surface area contributed by atoms with Crippen LogP contribution in [0.25, 0.3) is 0 Å². The number of pyridine rings is 1. The van der Waals surface area contributed by atoms with Crippen molar-refractivity contribution in [3.05, 3.63) is 101 Å². The zero-order chi connectivity index (χ0) is 23.0. The Balaban J connectivity index is 1.41. The molecular formula is C26H27ClN4O2. The van der Waals surface area contributed by atoms with E-state index in [1.54, 1.807) is 30.5 Å². The molecule has 170 valence electrons. The van der Waals surface area contributed by atoms with Crippen molar-refractivity contribution in [3.8, 4) is 0 Å². The largest absolute Gasteiger partial charge is 0.340 e. The average Bonchev–Trinajstić information content (AvgIpc) is 2.85. The lowest BCUT2D eigenvalue weighted by Gasteiger charge is -2.36. The van der Waals surface area contributed by atoms with Crippen molar-refractivity contribution in [2.45, 2.75) is 19.0 Å². The number of aromatic nitrogens is 1. The smallest absolute Gasteiger partial charge is 0.251 e. The van der Waals surface area contributed by atoms with Crippen LogP contribution in [0.5, 0.6) is 0 Å². The van der Waals surface area contributed by atoms with Gasteiger partial charge >= 0.3 is 0 Å². The van der Waals surface area contributed by atoms with Gasteiger partial charge in [-0.1, -0.05) is 48.0 Å². The van der Waals surface area contributed by atoms with Gasteiger partial charge in [0.05, 0.1) is 0 Å². The van der Waals surface area contributed by atoms with Gasteiger partial charge in [-0.25, -0.2) is 0 Å². The Kier molecular flexibility index (Phi) is 7.70. The normalized spacial score (nSPS) is 15.1. The molecule has 33 heavy (non-hydrogen) atoms. The molecule has 0 radical (unpaired) electrons. The van der Waals surface area contributed by atoms with Crippen molar-refractivity contribution in [3.63, 3.8) is 0 Å². The molecule has 2 aromatic carbocycles. The van der Waals surface area contributed by atoms with E-state index in [0.717, 1.165) is 30.8 Å². The van der Waals surface area contributed by atoms with Crippen LogP contribution in [0, 0.1) is 0 Å². The Bertz CT molecular complexity index is 1050. The van der Waals surface area contributed by atoms with Crippen LogP contribution in [0.4, 0.5) is 0 Å². The Labute approximate surface area is 199 Å². The van der Waals surface area contributed by atoms with Gasteiger partial charge in [0.2, 0.25) is 5.91 Å². The van der Waals surface area contributed by atoms with Gasteiger partial charge in [-0.05, 0) is 41.5 Å². The number of carbonyl (C=O) groups excluding carboxylic acids is 2. The quantitative estimate of drug-likeness (QED) is 0.584. The fourth-order valence-corrected chi connectivity index (χ4v) is 4.12. The van der Waals surface area contributed by atoms with Crippen LogP contribution in [0.1, 0.15) is 21.5 Å². The summed E-state index contributed by atoms with van der Waals surface area (Å²) in [5, 5.41) is 3.52. The summed E-state index contributed by atoms with van der Waals surface area (Å²) in [4.78, 5) is 34.7. The van der Waals surface area contributed by atoms with Gasteiger partial charge in [-0.15, -0.1) is 0 Å². The second-order valence-electron chi connectivity index (χ2n) is 8.19. The summed E-state index contributed by atoms with van der Waals surface area (Å²) < 4.78 is 0. The van der Waals surface area contributed by atoms with Crippen molar-refractivity contribution in [1.29, 1.82) is 0 Å². The number of amides is 2. The Hall–Kier alpha value is -3.22. The molecule has 7 heteroatoms. The first-order valence-electron chi connectivity index (χ1n) is 11.1. The molecule has 2 amide bonds. The average molecular weight is 463 g/mol. The van der Waals surface area contributed by atoms with Crippen LogP contribution in [0.2, 0.25) is 5.02 Å². The number of nitrogens with zero attached hydrogens (tertiary/aromatic N) is 3. The molecule has 1 aliphatic rings. The molecular weight excluding hydrogens is 436 g/mol.